The normalized spacial score (nSPS) is 10.3. The Morgan fingerprint density at radius 3 is 2.53 bits per heavy atom. The summed E-state index contributed by atoms with van der Waals surface area (Å²) in [7, 11) is 0. The van der Waals surface area contributed by atoms with Gasteiger partial charge in [0.2, 0.25) is 0 Å². The SMILES string of the molecule is Cc1ccc(C)c(NC(=O)c2sccc2C)c1. The maximum atomic E-state index is 12.1. The average Bonchev–Trinajstić information content (AvgIpc) is 2.70. The molecule has 0 aliphatic carbocycles. The van der Waals surface area contributed by atoms with Crippen molar-refractivity contribution >= 4 is 22.9 Å². The number of rotatable bonds is 2. The monoisotopic (exact) mass is 245 g/mol. The van der Waals surface area contributed by atoms with Gasteiger partial charge in [-0.05, 0) is 55.0 Å². The van der Waals surface area contributed by atoms with Gasteiger partial charge in [-0.3, -0.25) is 4.79 Å². The number of hydrogen-bond acceptors (Lipinski definition) is 2. The molecule has 3 heteroatoms. The van der Waals surface area contributed by atoms with Crippen molar-refractivity contribution in [1.29, 1.82) is 0 Å². The van der Waals surface area contributed by atoms with E-state index >= 15 is 0 Å². The molecule has 1 aromatic carbocycles. The van der Waals surface area contributed by atoms with Gasteiger partial charge in [-0.15, -0.1) is 11.3 Å². The van der Waals surface area contributed by atoms with Crippen molar-refractivity contribution in [3.8, 4) is 0 Å². The number of carbonyl (C=O) groups is 1. The molecule has 0 saturated carbocycles. The largest absolute Gasteiger partial charge is 0.321 e. The quantitative estimate of drug-likeness (QED) is 0.853. The fraction of sp³-hybridized carbons (Fsp3) is 0.214. The minimum absolute atomic E-state index is 0.0220. The lowest BCUT2D eigenvalue weighted by Gasteiger charge is -2.08. The summed E-state index contributed by atoms with van der Waals surface area (Å²) in [6.07, 6.45) is 0. The van der Waals surface area contributed by atoms with Crippen molar-refractivity contribution < 1.29 is 4.79 Å². The summed E-state index contributed by atoms with van der Waals surface area (Å²) >= 11 is 1.47. The van der Waals surface area contributed by atoms with E-state index in [2.05, 4.69) is 5.32 Å². The smallest absolute Gasteiger partial charge is 0.266 e. The van der Waals surface area contributed by atoms with E-state index in [4.69, 9.17) is 0 Å². The molecule has 1 aromatic heterocycles. The van der Waals surface area contributed by atoms with Crippen LogP contribution < -0.4 is 5.32 Å². The van der Waals surface area contributed by atoms with Crippen LogP contribution in [0.4, 0.5) is 5.69 Å². The second kappa shape index (κ2) is 4.72. The lowest BCUT2D eigenvalue weighted by Crippen LogP contribution is -2.12. The van der Waals surface area contributed by atoms with Gasteiger partial charge in [0.25, 0.3) is 5.91 Å². The number of hydrogen-bond donors (Lipinski definition) is 1. The van der Waals surface area contributed by atoms with Gasteiger partial charge in [-0.1, -0.05) is 12.1 Å². The fourth-order valence-corrected chi connectivity index (χ4v) is 2.48. The van der Waals surface area contributed by atoms with E-state index in [0.29, 0.717) is 0 Å². The molecule has 0 unspecified atom stereocenters. The predicted octanol–water partition coefficient (Wildman–Crippen LogP) is 3.93. The molecular formula is C14H15NOS. The third kappa shape index (κ3) is 2.56. The van der Waals surface area contributed by atoms with Gasteiger partial charge in [-0.25, -0.2) is 0 Å². The van der Waals surface area contributed by atoms with Gasteiger partial charge in [0.05, 0.1) is 4.88 Å². The Kier molecular flexibility index (Phi) is 3.29. The topological polar surface area (TPSA) is 29.1 Å². The second-order valence-corrected chi connectivity index (χ2v) is 5.12. The first-order chi connectivity index (χ1) is 8.08. The van der Waals surface area contributed by atoms with Crippen molar-refractivity contribution in [2.75, 3.05) is 5.32 Å². The molecule has 0 atom stereocenters. The molecule has 1 heterocycles. The van der Waals surface area contributed by atoms with Crippen molar-refractivity contribution in [3.63, 3.8) is 0 Å². The van der Waals surface area contributed by atoms with Crippen LogP contribution in [0.1, 0.15) is 26.4 Å². The molecule has 0 fully saturated rings. The zero-order valence-electron chi connectivity index (χ0n) is 10.2. The van der Waals surface area contributed by atoms with Crippen molar-refractivity contribution in [2.24, 2.45) is 0 Å². The Morgan fingerprint density at radius 1 is 1.12 bits per heavy atom. The molecule has 1 N–H and O–H groups in total. The number of carbonyl (C=O) groups excluding carboxylic acids is 1. The minimum atomic E-state index is -0.0220. The molecule has 0 radical (unpaired) electrons. The Balaban J connectivity index is 2.24. The first-order valence-corrected chi connectivity index (χ1v) is 6.38. The van der Waals surface area contributed by atoms with E-state index in [0.717, 1.165) is 27.3 Å². The summed E-state index contributed by atoms with van der Waals surface area (Å²) < 4.78 is 0. The first kappa shape index (κ1) is 11.9. The predicted molar refractivity (Wildman–Crippen MR) is 72.9 cm³/mol. The zero-order valence-corrected chi connectivity index (χ0v) is 11.0. The van der Waals surface area contributed by atoms with Crippen LogP contribution >= 0.6 is 11.3 Å². The summed E-state index contributed by atoms with van der Waals surface area (Å²) in [5, 5.41) is 4.90. The van der Waals surface area contributed by atoms with Crippen molar-refractivity contribution in [3.05, 3.63) is 51.2 Å². The van der Waals surface area contributed by atoms with Crippen LogP contribution in [0.25, 0.3) is 0 Å². The second-order valence-electron chi connectivity index (χ2n) is 4.21. The van der Waals surface area contributed by atoms with E-state index in [1.807, 2.05) is 50.4 Å². The molecule has 0 aliphatic rings. The van der Waals surface area contributed by atoms with E-state index in [-0.39, 0.29) is 5.91 Å². The molecule has 2 nitrogen and oxygen atoms in total. The van der Waals surface area contributed by atoms with E-state index < -0.39 is 0 Å². The number of thiophene rings is 1. The van der Waals surface area contributed by atoms with E-state index in [1.165, 1.54) is 11.3 Å². The molecule has 0 spiro atoms. The number of amides is 1. The highest BCUT2D eigenvalue weighted by molar-refractivity contribution is 7.12. The molecule has 2 rings (SSSR count). The van der Waals surface area contributed by atoms with Crippen LogP contribution in [0.15, 0.2) is 29.6 Å². The minimum Gasteiger partial charge on any atom is -0.321 e. The Morgan fingerprint density at radius 2 is 1.88 bits per heavy atom. The molecule has 2 aromatic rings. The van der Waals surface area contributed by atoms with Crippen LogP contribution in [0.3, 0.4) is 0 Å². The first-order valence-electron chi connectivity index (χ1n) is 5.50. The molecule has 0 bridgehead atoms. The lowest BCUT2D eigenvalue weighted by atomic mass is 10.1. The van der Waals surface area contributed by atoms with Gasteiger partial charge < -0.3 is 5.32 Å². The zero-order chi connectivity index (χ0) is 12.4. The van der Waals surface area contributed by atoms with Gasteiger partial charge in [-0.2, -0.15) is 0 Å². The number of nitrogens with one attached hydrogen (secondary N) is 1. The highest BCUT2D eigenvalue weighted by Crippen LogP contribution is 2.20. The van der Waals surface area contributed by atoms with Gasteiger partial charge in [0, 0.05) is 5.69 Å². The van der Waals surface area contributed by atoms with E-state index in [1.54, 1.807) is 0 Å². The molecule has 1 amide bonds. The third-order valence-corrected chi connectivity index (χ3v) is 3.72. The summed E-state index contributed by atoms with van der Waals surface area (Å²) in [6.45, 7) is 5.97. The summed E-state index contributed by atoms with van der Waals surface area (Å²) in [4.78, 5) is 12.8. The van der Waals surface area contributed by atoms with Crippen molar-refractivity contribution in [2.45, 2.75) is 20.8 Å². The maximum Gasteiger partial charge on any atom is 0.266 e. The highest BCUT2D eigenvalue weighted by atomic mass is 32.1. The number of anilines is 1. The van der Waals surface area contributed by atoms with Gasteiger partial charge in [0.15, 0.2) is 0 Å². The maximum absolute atomic E-state index is 12.1. The van der Waals surface area contributed by atoms with Crippen LogP contribution in [0.2, 0.25) is 0 Å². The molecule has 0 saturated heterocycles. The molecule has 88 valence electrons. The number of aryl methyl sites for hydroxylation is 3. The average molecular weight is 245 g/mol. The Hall–Kier alpha value is -1.61. The van der Waals surface area contributed by atoms with E-state index in [9.17, 15) is 4.79 Å². The van der Waals surface area contributed by atoms with Crippen LogP contribution in [-0.2, 0) is 0 Å². The summed E-state index contributed by atoms with van der Waals surface area (Å²) in [5.41, 5.74) is 4.15. The molecule has 17 heavy (non-hydrogen) atoms. The lowest BCUT2D eigenvalue weighted by molar-refractivity contribution is 0.103. The third-order valence-electron chi connectivity index (χ3n) is 2.71. The van der Waals surface area contributed by atoms with Crippen LogP contribution in [0.5, 0.6) is 0 Å². The van der Waals surface area contributed by atoms with Crippen LogP contribution in [0, 0.1) is 20.8 Å². The Labute approximate surface area is 105 Å². The summed E-state index contributed by atoms with van der Waals surface area (Å²) in [6, 6.07) is 8.02. The highest BCUT2D eigenvalue weighted by Gasteiger charge is 2.11. The fourth-order valence-electron chi connectivity index (χ4n) is 1.65. The number of benzene rings is 1. The standard InChI is InChI=1S/C14H15NOS/c1-9-4-5-10(2)12(8-9)15-14(16)13-11(3)6-7-17-13/h4-8H,1-3H3,(H,15,16). The molecule has 0 aliphatic heterocycles. The van der Waals surface area contributed by atoms with Gasteiger partial charge in [0.1, 0.15) is 0 Å². The van der Waals surface area contributed by atoms with Crippen molar-refractivity contribution in [1.82, 2.24) is 0 Å². The Bertz CT molecular complexity index is 557. The van der Waals surface area contributed by atoms with Gasteiger partial charge >= 0.3 is 0 Å². The molecular weight excluding hydrogens is 230 g/mol. The van der Waals surface area contributed by atoms with Crippen LogP contribution in [-0.4, -0.2) is 5.91 Å². The summed E-state index contributed by atoms with van der Waals surface area (Å²) in [5.74, 6) is -0.0220.